The van der Waals surface area contributed by atoms with E-state index in [9.17, 15) is 4.79 Å². The molecule has 1 aromatic rings. The molecule has 1 aromatic carbocycles. The molecule has 2 saturated heterocycles. The number of esters is 1. The summed E-state index contributed by atoms with van der Waals surface area (Å²) < 4.78 is 5.12. The number of hydrogen-bond acceptors (Lipinski definition) is 4. The molecule has 114 valence electrons. The number of anilines is 1. The van der Waals surface area contributed by atoms with Crippen LogP contribution in [0, 0.1) is 6.92 Å². The van der Waals surface area contributed by atoms with Gasteiger partial charge in [-0.15, -0.1) is 0 Å². The van der Waals surface area contributed by atoms with Crippen molar-refractivity contribution in [2.45, 2.75) is 44.2 Å². The fourth-order valence-corrected chi connectivity index (χ4v) is 3.72. The normalized spacial score (nSPS) is 29.0. The highest BCUT2D eigenvalue weighted by Gasteiger charge is 2.47. The molecule has 21 heavy (non-hydrogen) atoms. The van der Waals surface area contributed by atoms with Crippen LogP contribution in [-0.4, -0.2) is 42.6 Å². The Bertz CT molecular complexity index is 514. The summed E-state index contributed by atoms with van der Waals surface area (Å²) in [7, 11) is 1.49. The average molecular weight is 288 g/mol. The monoisotopic (exact) mass is 288 g/mol. The number of nitrogens with zero attached hydrogens (tertiary/aromatic N) is 1. The van der Waals surface area contributed by atoms with Gasteiger partial charge in [-0.3, -0.25) is 0 Å². The first-order valence-corrected chi connectivity index (χ1v) is 7.80. The summed E-state index contributed by atoms with van der Waals surface area (Å²) in [5.74, 6) is -0.130. The lowest BCUT2D eigenvalue weighted by molar-refractivity contribution is -0.148. The highest BCUT2D eigenvalue weighted by atomic mass is 16.5. The molecular weight excluding hydrogens is 264 g/mol. The molecule has 0 spiro atoms. The molecule has 0 bridgehead atoms. The van der Waals surface area contributed by atoms with Crippen LogP contribution in [0.25, 0.3) is 0 Å². The van der Waals surface area contributed by atoms with E-state index in [1.807, 2.05) is 12.1 Å². The third-order valence-corrected chi connectivity index (χ3v) is 4.92. The number of ether oxygens (including phenoxy) is 1. The van der Waals surface area contributed by atoms with Gasteiger partial charge in [-0.05, 0) is 51.3 Å². The van der Waals surface area contributed by atoms with Crippen molar-refractivity contribution in [2.75, 3.05) is 25.5 Å². The summed E-state index contributed by atoms with van der Waals surface area (Å²) in [4.78, 5) is 15.0. The van der Waals surface area contributed by atoms with Crippen molar-refractivity contribution in [3.05, 3.63) is 29.8 Å². The van der Waals surface area contributed by atoms with E-state index in [4.69, 9.17) is 4.74 Å². The fraction of sp³-hybridized carbons (Fsp3) is 0.588. The maximum atomic E-state index is 12.4. The number of carbonyl (C=O) groups is 1. The number of hydrogen-bond donors (Lipinski definition) is 1. The van der Waals surface area contributed by atoms with Crippen LogP contribution in [0.1, 0.15) is 31.2 Å². The SMILES string of the molecule is COC(=O)C1(Nc2ccc(C)cc2)CCN2CCCC2C1. The minimum atomic E-state index is -0.574. The van der Waals surface area contributed by atoms with E-state index in [1.54, 1.807) is 0 Å². The standard InChI is InChI=1S/C17H24N2O2/c1-13-5-7-14(8-6-13)18-17(16(20)21-2)9-11-19-10-3-4-15(19)12-17/h5-8,15,18H,3-4,9-12H2,1-2H3. The van der Waals surface area contributed by atoms with E-state index in [1.165, 1.54) is 32.1 Å². The number of aryl methyl sites for hydroxylation is 1. The molecule has 0 radical (unpaired) electrons. The molecule has 2 atom stereocenters. The Morgan fingerprint density at radius 3 is 2.81 bits per heavy atom. The molecular formula is C17H24N2O2. The Morgan fingerprint density at radius 1 is 1.33 bits per heavy atom. The van der Waals surface area contributed by atoms with Gasteiger partial charge in [0, 0.05) is 18.3 Å². The van der Waals surface area contributed by atoms with Crippen LogP contribution in [0.4, 0.5) is 5.69 Å². The van der Waals surface area contributed by atoms with Gasteiger partial charge in [0.25, 0.3) is 0 Å². The molecule has 4 heteroatoms. The van der Waals surface area contributed by atoms with Crippen LogP contribution in [0.15, 0.2) is 24.3 Å². The van der Waals surface area contributed by atoms with Crippen molar-refractivity contribution in [3.8, 4) is 0 Å². The summed E-state index contributed by atoms with van der Waals surface area (Å²) in [6.45, 7) is 4.21. The zero-order valence-electron chi connectivity index (χ0n) is 12.9. The summed E-state index contributed by atoms with van der Waals surface area (Å²) in [6, 6.07) is 8.73. The number of rotatable bonds is 3. The average Bonchev–Trinajstić information content (AvgIpc) is 2.96. The van der Waals surface area contributed by atoms with Crippen LogP contribution >= 0.6 is 0 Å². The minimum absolute atomic E-state index is 0.130. The van der Waals surface area contributed by atoms with Gasteiger partial charge in [0.1, 0.15) is 5.54 Å². The first-order valence-electron chi connectivity index (χ1n) is 7.80. The molecule has 2 heterocycles. The predicted molar refractivity (Wildman–Crippen MR) is 83.4 cm³/mol. The zero-order valence-corrected chi connectivity index (χ0v) is 12.9. The molecule has 0 saturated carbocycles. The van der Waals surface area contributed by atoms with E-state index >= 15 is 0 Å². The highest BCUT2D eigenvalue weighted by molar-refractivity contribution is 5.85. The second-order valence-electron chi connectivity index (χ2n) is 6.35. The predicted octanol–water partition coefficient (Wildman–Crippen LogP) is 2.58. The lowest BCUT2D eigenvalue weighted by atomic mass is 9.83. The molecule has 0 amide bonds. The van der Waals surface area contributed by atoms with Gasteiger partial charge in [0.2, 0.25) is 0 Å². The molecule has 4 nitrogen and oxygen atoms in total. The lowest BCUT2D eigenvalue weighted by Gasteiger charge is -2.43. The largest absolute Gasteiger partial charge is 0.467 e. The Labute approximate surface area is 126 Å². The smallest absolute Gasteiger partial charge is 0.331 e. The van der Waals surface area contributed by atoms with Crippen molar-refractivity contribution in [2.24, 2.45) is 0 Å². The van der Waals surface area contributed by atoms with Crippen molar-refractivity contribution < 1.29 is 9.53 Å². The highest BCUT2D eigenvalue weighted by Crippen LogP contribution is 2.36. The molecule has 1 N–H and O–H groups in total. The van der Waals surface area contributed by atoms with Crippen molar-refractivity contribution in [3.63, 3.8) is 0 Å². The topological polar surface area (TPSA) is 41.6 Å². The van der Waals surface area contributed by atoms with Gasteiger partial charge in [-0.1, -0.05) is 17.7 Å². The second-order valence-corrected chi connectivity index (χ2v) is 6.35. The molecule has 2 fully saturated rings. The number of benzene rings is 1. The molecule has 0 aromatic heterocycles. The van der Waals surface area contributed by atoms with Gasteiger partial charge in [-0.25, -0.2) is 4.79 Å². The summed E-state index contributed by atoms with van der Waals surface area (Å²) >= 11 is 0. The van der Waals surface area contributed by atoms with Gasteiger partial charge < -0.3 is 15.0 Å². The first kappa shape index (κ1) is 14.4. The number of nitrogens with one attached hydrogen (secondary N) is 1. The molecule has 0 aliphatic carbocycles. The van der Waals surface area contributed by atoms with Crippen molar-refractivity contribution >= 4 is 11.7 Å². The van der Waals surface area contributed by atoms with Gasteiger partial charge in [0.05, 0.1) is 7.11 Å². The van der Waals surface area contributed by atoms with Crippen molar-refractivity contribution in [1.29, 1.82) is 0 Å². The van der Waals surface area contributed by atoms with Crippen LogP contribution in [0.3, 0.4) is 0 Å². The number of piperidine rings is 1. The Kier molecular flexibility index (Phi) is 3.89. The minimum Gasteiger partial charge on any atom is -0.467 e. The van der Waals surface area contributed by atoms with E-state index in [2.05, 4.69) is 29.3 Å². The van der Waals surface area contributed by atoms with Crippen LogP contribution in [0.2, 0.25) is 0 Å². The molecule has 2 aliphatic heterocycles. The Hall–Kier alpha value is -1.55. The van der Waals surface area contributed by atoms with Gasteiger partial charge in [-0.2, -0.15) is 0 Å². The van der Waals surface area contributed by atoms with Gasteiger partial charge in [0.15, 0.2) is 0 Å². The maximum absolute atomic E-state index is 12.4. The fourth-order valence-electron chi connectivity index (χ4n) is 3.72. The Balaban J connectivity index is 1.83. The quantitative estimate of drug-likeness (QED) is 0.868. The van der Waals surface area contributed by atoms with E-state index in [0.29, 0.717) is 6.04 Å². The molecule has 2 unspecified atom stereocenters. The van der Waals surface area contributed by atoms with Crippen LogP contribution in [0.5, 0.6) is 0 Å². The van der Waals surface area contributed by atoms with Gasteiger partial charge >= 0.3 is 5.97 Å². The van der Waals surface area contributed by atoms with Crippen molar-refractivity contribution in [1.82, 2.24) is 4.90 Å². The Morgan fingerprint density at radius 2 is 2.10 bits per heavy atom. The van der Waals surface area contributed by atoms with E-state index in [-0.39, 0.29) is 5.97 Å². The first-order chi connectivity index (χ1) is 10.1. The van der Waals surface area contributed by atoms with E-state index < -0.39 is 5.54 Å². The third kappa shape index (κ3) is 2.77. The van der Waals surface area contributed by atoms with Crippen LogP contribution < -0.4 is 5.32 Å². The summed E-state index contributed by atoms with van der Waals surface area (Å²) in [5, 5.41) is 3.48. The second kappa shape index (κ2) is 5.68. The number of fused-ring (bicyclic) bond motifs is 1. The van der Waals surface area contributed by atoms with Crippen LogP contribution in [-0.2, 0) is 9.53 Å². The summed E-state index contributed by atoms with van der Waals surface area (Å²) in [5.41, 5.74) is 1.64. The molecule has 2 aliphatic rings. The maximum Gasteiger partial charge on any atom is 0.331 e. The van der Waals surface area contributed by atoms with E-state index in [0.717, 1.165) is 25.1 Å². The third-order valence-electron chi connectivity index (χ3n) is 4.92. The summed E-state index contributed by atoms with van der Waals surface area (Å²) in [6.07, 6.45) is 4.08. The number of carbonyl (C=O) groups excluding carboxylic acids is 1. The lowest BCUT2D eigenvalue weighted by Crippen LogP contribution is -2.57. The number of methoxy groups -OCH3 is 1. The zero-order chi connectivity index (χ0) is 14.9. The molecule has 3 rings (SSSR count).